The van der Waals surface area contributed by atoms with Crippen LogP contribution < -0.4 is 4.74 Å². The van der Waals surface area contributed by atoms with Crippen LogP contribution in [-0.2, 0) is 0 Å². The molecule has 0 aromatic heterocycles. The number of hydrogen-bond donors (Lipinski definition) is 0. The molecule has 0 radical (unpaired) electrons. The lowest BCUT2D eigenvalue weighted by molar-refractivity contribution is 0.133. The third kappa shape index (κ3) is 3.93. The van der Waals surface area contributed by atoms with Crippen molar-refractivity contribution in [3.8, 4) is 5.75 Å². The summed E-state index contributed by atoms with van der Waals surface area (Å²) in [6, 6.07) is 4.49. The quantitative estimate of drug-likeness (QED) is 0.847. The highest BCUT2D eigenvalue weighted by molar-refractivity contribution is 9.10. The molecule has 0 spiro atoms. The zero-order valence-corrected chi connectivity index (χ0v) is 12.1. The minimum Gasteiger partial charge on any atom is -0.491 e. The molecule has 1 saturated heterocycles. The first kappa shape index (κ1) is 13.8. The summed E-state index contributed by atoms with van der Waals surface area (Å²) in [5, 5.41) is 0. The van der Waals surface area contributed by atoms with Gasteiger partial charge in [-0.1, -0.05) is 0 Å². The maximum Gasteiger partial charge on any atom is 0.133 e. The third-order valence-electron chi connectivity index (χ3n) is 3.15. The normalized spacial score (nSPS) is 17.9. The van der Waals surface area contributed by atoms with Crippen molar-refractivity contribution in [2.45, 2.75) is 0 Å². The Morgan fingerprint density at radius 1 is 1.28 bits per heavy atom. The lowest BCUT2D eigenvalue weighted by Gasteiger charge is -2.32. The molecule has 0 atom stereocenters. The van der Waals surface area contributed by atoms with Crippen molar-refractivity contribution in [1.82, 2.24) is 9.80 Å². The molecule has 1 aliphatic heterocycles. The van der Waals surface area contributed by atoms with Gasteiger partial charge in [0.05, 0.1) is 4.47 Å². The van der Waals surface area contributed by atoms with E-state index in [1.807, 2.05) is 0 Å². The average molecular weight is 317 g/mol. The van der Waals surface area contributed by atoms with Crippen LogP contribution in [0.25, 0.3) is 0 Å². The van der Waals surface area contributed by atoms with E-state index < -0.39 is 0 Å². The van der Waals surface area contributed by atoms with Gasteiger partial charge in [-0.05, 0) is 41.2 Å². The van der Waals surface area contributed by atoms with E-state index in [-0.39, 0.29) is 5.82 Å². The Kier molecular flexibility index (Phi) is 4.97. The predicted molar refractivity (Wildman–Crippen MR) is 73.5 cm³/mol. The largest absolute Gasteiger partial charge is 0.491 e. The first-order valence-electron chi connectivity index (χ1n) is 6.14. The van der Waals surface area contributed by atoms with Crippen LogP contribution in [0.4, 0.5) is 4.39 Å². The molecule has 2 rings (SSSR count). The number of hydrogen-bond acceptors (Lipinski definition) is 3. The van der Waals surface area contributed by atoms with E-state index in [1.54, 1.807) is 6.07 Å². The zero-order valence-electron chi connectivity index (χ0n) is 10.5. The van der Waals surface area contributed by atoms with Crippen LogP contribution in [-0.4, -0.2) is 56.2 Å². The van der Waals surface area contributed by atoms with E-state index in [0.717, 1.165) is 32.7 Å². The summed E-state index contributed by atoms with van der Waals surface area (Å²) in [5.74, 6) is 0.443. The standard InChI is InChI=1S/C13H18BrFN2O/c1-16-4-6-17(7-5-16)8-9-18-13-3-2-11(15)10-12(13)14/h2-3,10H,4-9H2,1H3. The number of benzene rings is 1. The van der Waals surface area contributed by atoms with Gasteiger partial charge in [0, 0.05) is 32.7 Å². The van der Waals surface area contributed by atoms with Crippen molar-refractivity contribution < 1.29 is 9.13 Å². The molecule has 100 valence electrons. The SMILES string of the molecule is CN1CCN(CCOc2ccc(F)cc2Br)CC1. The Bertz CT molecular complexity index is 395. The highest BCUT2D eigenvalue weighted by Gasteiger charge is 2.13. The van der Waals surface area contributed by atoms with E-state index >= 15 is 0 Å². The number of halogens is 2. The maximum absolute atomic E-state index is 12.9. The van der Waals surface area contributed by atoms with E-state index in [4.69, 9.17) is 4.74 Å². The second-order valence-electron chi connectivity index (χ2n) is 4.57. The Morgan fingerprint density at radius 2 is 2.00 bits per heavy atom. The van der Waals surface area contributed by atoms with Gasteiger partial charge in [0.1, 0.15) is 18.2 Å². The summed E-state index contributed by atoms with van der Waals surface area (Å²) in [6.07, 6.45) is 0. The summed E-state index contributed by atoms with van der Waals surface area (Å²) in [6.45, 7) is 5.95. The number of ether oxygens (including phenoxy) is 1. The molecule has 1 fully saturated rings. The smallest absolute Gasteiger partial charge is 0.133 e. The fourth-order valence-corrected chi connectivity index (χ4v) is 2.41. The first-order chi connectivity index (χ1) is 8.65. The van der Waals surface area contributed by atoms with E-state index in [2.05, 4.69) is 32.8 Å². The Hall–Kier alpha value is -0.650. The molecule has 1 aliphatic rings. The summed E-state index contributed by atoms with van der Waals surface area (Å²) < 4.78 is 19.2. The van der Waals surface area contributed by atoms with Crippen molar-refractivity contribution in [3.63, 3.8) is 0 Å². The molecule has 0 saturated carbocycles. The third-order valence-corrected chi connectivity index (χ3v) is 3.77. The van der Waals surface area contributed by atoms with Gasteiger partial charge in [-0.15, -0.1) is 0 Å². The van der Waals surface area contributed by atoms with Gasteiger partial charge in [0.15, 0.2) is 0 Å². The lowest BCUT2D eigenvalue weighted by atomic mass is 10.3. The monoisotopic (exact) mass is 316 g/mol. The fraction of sp³-hybridized carbons (Fsp3) is 0.538. The molecule has 0 N–H and O–H groups in total. The number of nitrogens with zero attached hydrogens (tertiary/aromatic N) is 2. The molecular formula is C13H18BrFN2O. The molecule has 1 aromatic rings. The Balaban J connectivity index is 1.75. The second-order valence-corrected chi connectivity index (χ2v) is 5.42. The number of likely N-dealkylation sites (N-methyl/N-ethyl adjacent to an activating group) is 1. The Morgan fingerprint density at radius 3 is 2.67 bits per heavy atom. The highest BCUT2D eigenvalue weighted by atomic mass is 79.9. The van der Waals surface area contributed by atoms with Crippen molar-refractivity contribution in [2.24, 2.45) is 0 Å². The molecule has 1 aromatic carbocycles. The molecule has 5 heteroatoms. The van der Waals surface area contributed by atoms with Crippen LogP contribution >= 0.6 is 15.9 Å². The van der Waals surface area contributed by atoms with E-state index in [1.165, 1.54) is 12.1 Å². The van der Waals surface area contributed by atoms with Gasteiger partial charge in [0.2, 0.25) is 0 Å². The van der Waals surface area contributed by atoms with Gasteiger partial charge in [-0.25, -0.2) is 4.39 Å². The van der Waals surface area contributed by atoms with E-state index in [9.17, 15) is 4.39 Å². The number of rotatable bonds is 4. The molecule has 0 aliphatic carbocycles. The van der Waals surface area contributed by atoms with Crippen LogP contribution in [0.5, 0.6) is 5.75 Å². The zero-order chi connectivity index (χ0) is 13.0. The van der Waals surface area contributed by atoms with Gasteiger partial charge < -0.3 is 9.64 Å². The van der Waals surface area contributed by atoms with Gasteiger partial charge >= 0.3 is 0 Å². The van der Waals surface area contributed by atoms with Gasteiger partial charge in [-0.2, -0.15) is 0 Å². The topological polar surface area (TPSA) is 15.7 Å². The first-order valence-corrected chi connectivity index (χ1v) is 6.93. The Labute approximate surface area is 116 Å². The van der Waals surface area contributed by atoms with Crippen LogP contribution in [0.2, 0.25) is 0 Å². The summed E-state index contributed by atoms with van der Waals surface area (Å²) in [4.78, 5) is 4.71. The average Bonchev–Trinajstić information content (AvgIpc) is 2.34. The van der Waals surface area contributed by atoms with E-state index in [0.29, 0.717) is 16.8 Å². The fourth-order valence-electron chi connectivity index (χ4n) is 1.95. The van der Waals surface area contributed by atoms with Crippen LogP contribution in [0, 0.1) is 5.82 Å². The van der Waals surface area contributed by atoms with Gasteiger partial charge in [0.25, 0.3) is 0 Å². The number of piperazine rings is 1. The molecule has 0 amide bonds. The summed E-state index contributed by atoms with van der Waals surface area (Å²) in [5.41, 5.74) is 0. The highest BCUT2D eigenvalue weighted by Crippen LogP contribution is 2.25. The second kappa shape index (κ2) is 6.50. The summed E-state index contributed by atoms with van der Waals surface area (Å²) >= 11 is 3.30. The minimum absolute atomic E-state index is 0.256. The van der Waals surface area contributed by atoms with Crippen molar-refractivity contribution in [2.75, 3.05) is 46.4 Å². The molecule has 18 heavy (non-hydrogen) atoms. The van der Waals surface area contributed by atoms with Crippen molar-refractivity contribution in [1.29, 1.82) is 0 Å². The lowest BCUT2D eigenvalue weighted by Crippen LogP contribution is -2.45. The van der Waals surface area contributed by atoms with Crippen LogP contribution in [0.15, 0.2) is 22.7 Å². The molecule has 3 nitrogen and oxygen atoms in total. The molecule has 1 heterocycles. The molecule has 0 unspecified atom stereocenters. The predicted octanol–water partition coefficient (Wildman–Crippen LogP) is 2.21. The van der Waals surface area contributed by atoms with Crippen LogP contribution in [0.1, 0.15) is 0 Å². The summed E-state index contributed by atoms with van der Waals surface area (Å²) in [7, 11) is 2.14. The molecule has 0 bridgehead atoms. The molecular weight excluding hydrogens is 299 g/mol. The maximum atomic E-state index is 12.9. The van der Waals surface area contributed by atoms with Gasteiger partial charge in [-0.3, -0.25) is 4.90 Å². The van der Waals surface area contributed by atoms with Crippen LogP contribution in [0.3, 0.4) is 0 Å². The van der Waals surface area contributed by atoms with Crippen molar-refractivity contribution in [3.05, 3.63) is 28.5 Å². The van der Waals surface area contributed by atoms with Crippen molar-refractivity contribution >= 4 is 15.9 Å². The minimum atomic E-state index is -0.256.